The van der Waals surface area contributed by atoms with Crippen LogP contribution in [0, 0.1) is 5.92 Å². The number of hydrogen-bond donors (Lipinski definition) is 3. The van der Waals surface area contributed by atoms with Crippen LogP contribution in [0.1, 0.15) is 20.3 Å². The zero-order chi connectivity index (χ0) is 18.4. The van der Waals surface area contributed by atoms with Gasteiger partial charge in [0.2, 0.25) is 5.91 Å². The predicted molar refractivity (Wildman–Crippen MR) is 99.8 cm³/mol. The molecule has 0 fully saturated rings. The average molecular weight is 361 g/mol. The second kappa shape index (κ2) is 8.13. The largest absolute Gasteiger partial charge is 0.325 e. The predicted octanol–water partition coefficient (Wildman–Crippen LogP) is 2.80. The molecule has 0 aliphatic carbocycles. The van der Waals surface area contributed by atoms with E-state index in [1.807, 2.05) is 13.8 Å². The summed E-state index contributed by atoms with van der Waals surface area (Å²) in [5, 5.41) is 2.70. The maximum Gasteiger partial charge on any atom is 0.261 e. The van der Waals surface area contributed by atoms with E-state index in [0.717, 1.165) is 0 Å². The molecular formula is C18H23N3O3S. The van der Waals surface area contributed by atoms with Gasteiger partial charge in [0.05, 0.1) is 10.9 Å². The second-order valence-corrected chi connectivity index (χ2v) is 7.90. The van der Waals surface area contributed by atoms with Crippen LogP contribution >= 0.6 is 0 Å². The Balaban J connectivity index is 2.05. The van der Waals surface area contributed by atoms with Gasteiger partial charge in [-0.25, -0.2) is 8.42 Å². The third-order valence-electron chi connectivity index (χ3n) is 3.52. The number of amides is 1. The Hall–Kier alpha value is -2.38. The van der Waals surface area contributed by atoms with E-state index in [1.54, 1.807) is 42.5 Å². The standard InChI is InChI=1S/C18H23N3O3S/c1-13(2)12-17(19)18(22)20-14-8-10-16(11-9-14)25(23,24)21-15-6-4-3-5-7-15/h3-11,13,17,21H,12,19H2,1-2H3,(H,20,22)/t17-/m0/s1. The molecule has 1 atom stereocenters. The zero-order valence-corrected chi connectivity index (χ0v) is 15.1. The summed E-state index contributed by atoms with van der Waals surface area (Å²) in [5.41, 5.74) is 6.82. The molecule has 0 saturated heterocycles. The lowest BCUT2D eigenvalue weighted by Crippen LogP contribution is -2.36. The van der Waals surface area contributed by atoms with Crippen molar-refractivity contribution >= 4 is 27.3 Å². The number of carbonyl (C=O) groups is 1. The van der Waals surface area contributed by atoms with Gasteiger partial charge in [-0.15, -0.1) is 0 Å². The molecule has 25 heavy (non-hydrogen) atoms. The maximum absolute atomic E-state index is 12.3. The molecule has 0 aliphatic rings. The number of carbonyl (C=O) groups excluding carboxylic acids is 1. The Labute approximate surface area is 148 Å². The molecule has 0 aliphatic heterocycles. The molecule has 0 spiro atoms. The number of nitrogens with two attached hydrogens (primary N) is 1. The van der Waals surface area contributed by atoms with Crippen molar-refractivity contribution in [1.82, 2.24) is 0 Å². The molecule has 1 amide bonds. The van der Waals surface area contributed by atoms with Gasteiger partial charge in [-0.1, -0.05) is 32.0 Å². The fourth-order valence-corrected chi connectivity index (χ4v) is 3.35. The van der Waals surface area contributed by atoms with Gasteiger partial charge in [0, 0.05) is 11.4 Å². The van der Waals surface area contributed by atoms with Gasteiger partial charge >= 0.3 is 0 Å². The van der Waals surface area contributed by atoms with Gasteiger partial charge in [0.15, 0.2) is 0 Å². The molecule has 0 heterocycles. The Morgan fingerprint density at radius 3 is 2.16 bits per heavy atom. The molecule has 2 rings (SSSR count). The van der Waals surface area contributed by atoms with Crippen molar-refractivity contribution in [2.75, 3.05) is 10.0 Å². The quantitative estimate of drug-likeness (QED) is 0.706. The van der Waals surface area contributed by atoms with E-state index in [4.69, 9.17) is 5.73 Å². The first-order chi connectivity index (χ1) is 11.8. The van der Waals surface area contributed by atoms with Crippen LogP contribution < -0.4 is 15.8 Å². The first-order valence-corrected chi connectivity index (χ1v) is 9.50. The normalized spacial score (nSPS) is 12.6. The van der Waals surface area contributed by atoms with Crippen molar-refractivity contribution in [3.8, 4) is 0 Å². The summed E-state index contributed by atoms with van der Waals surface area (Å²) in [5.74, 6) is 0.0315. The molecular weight excluding hydrogens is 338 g/mol. The lowest BCUT2D eigenvalue weighted by molar-refractivity contribution is -0.117. The average Bonchev–Trinajstić information content (AvgIpc) is 2.55. The summed E-state index contributed by atoms with van der Waals surface area (Å²) in [6, 6.07) is 14.0. The van der Waals surface area contributed by atoms with Gasteiger partial charge in [-0.05, 0) is 48.7 Å². The van der Waals surface area contributed by atoms with Crippen molar-refractivity contribution in [3.63, 3.8) is 0 Å². The maximum atomic E-state index is 12.3. The third-order valence-corrected chi connectivity index (χ3v) is 4.92. The topological polar surface area (TPSA) is 101 Å². The molecule has 7 heteroatoms. The molecule has 6 nitrogen and oxygen atoms in total. The van der Waals surface area contributed by atoms with E-state index >= 15 is 0 Å². The first kappa shape index (κ1) is 19.0. The van der Waals surface area contributed by atoms with E-state index in [1.165, 1.54) is 12.1 Å². The van der Waals surface area contributed by atoms with Crippen molar-refractivity contribution in [1.29, 1.82) is 0 Å². The number of para-hydroxylation sites is 1. The SMILES string of the molecule is CC(C)C[C@H](N)C(=O)Nc1ccc(S(=O)(=O)Nc2ccccc2)cc1. The minimum Gasteiger partial charge on any atom is -0.325 e. The highest BCUT2D eigenvalue weighted by Gasteiger charge is 2.17. The van der Waals surface area contributed by atoms with Crippen molar-refractivity contribution in [3.05, 3.63) is 54.6 Å². The number of benzene rings is 2. The van der Waals surface area contributed by atoms with Crippen LogP contribution in [0.25, 0.3) is 0 Å². The fraction of sp³-hybridized carbons (Fsp3) is 0.278. The highest BCUT2D eigenvalue weighted by Crippen LogP contribution is 2.18. The summed E-state index contributed by atoms with van der Waals surface area (Å²) in [4.78, 5) is 12.1. The lowest BCUT2D eigenvalue weighted by Gasteiger charge is -2.14. The Morgan fingerprint density at radius 1 is 1.00 bits per heavy atom. The number of sulfonamides is 1. The van der Waals surface area contributed by atoms with Crippen LogP contribution in [0.5, 0.6) is 0 Å². The third kappa shape index (κ3) is 5.58. The van der Waals surface area contributed by atoms with Crippen molar-refractivity contribution < 1.29 is 13.2 Å². The van der Waals surface area contributed by atoms with E-state index in [9.17, 15) is 13.2 Å². The monoisotopic (exact) mass is 361 g/mol. The van der Waals surface area contributed by atoms with Gasteiger partial charge in [0.1, 0.15) is 0 Å². The van der Waals surface area contributed by atoms with Gasteiger partial charge in [-0.3, -0.25) is 9.52 Å². The summed E-state index contributed by atoms with van der Waals surface area (Å²) in [6.45, 7) is 3.99. The molecule has 4 N–H and O–H groups in total. The number of rotatable bonds is 7. The Bertz CT molecular complexity index is 803. The molecule has 2 aromatic rings. The summed E-state index contributed by atoms with van der Waals surface area (Å²) >= 11 is 0. The molecule has 134 valence electrons. The van der Waals surface area contributed by atoms with Crippen LogP contribution in [0.2, 0.25) is 0 Å². The lowest BCUT2D eigenvalue weighted by atomic mass is 10.0. The molecule has 0 radical (unpaired) electrons. The summed E-state index contributed by atoms with van der Waals surface area (Å²) in [6.07, 6.45) is 0.583. The molecule has 0 bridgehead atoms. The molecule has 2 aromatic carbocycles. The minimum absolute atomic E-state index is 0.112. The van der Waals surface area contributed by atoms with Gasteiger partial charge in [-0.2, -0.15) is 0 Å². The second-order valence-electron chi connectivity index (χ2n) is 6.22. The van der Waals surface area contributed by atoms with Crippen LogP contribution in [0.4, 0.5) is 11.4 Å². The van der Waals surface area contributed by atoms with Crippen LogP contribution in [0.3, 0.4) is 0 Å². The van der Waals surface area contributed by atoms with E-state index in [2.05, 4.69) is 10.0 Å². The van der Waals surface area contributed by atoms with Gasteiger partial charge < -0.3 is 11.1 Å². The summed E-state index contributed by atoms with van der Waals surface area (Å²) < 4.78 is 27.2. The number of nitrogens with one attached hydrogen (secondary N) is 2. The molecule has 0 unspecified atom stereocenters. The van der Waals surface area contributed by atoms with E-state index < -0.39 is 16.1 Å². The highest BCUT2D eigenvalue weighted by atomic mass is 32.2. The fourth-order valence-electron chi connectivity index (χ4n) is 2.29. The van der Waals surface area contributed by atoms with Crippen LogP contribution in [-0.2, 0) is 14.8 Å². The minimum atomic E-state index is -3.68. The van der Waals surface area contributed by atoms with E-state index in [0.29, 0.717) is 23.7 Å². The Morgan fingerprint density at radius 2 is 1.60 bits per heavy atom. The number of hydrogen-bond acceptors (Lipinski definition) is 4. The smallest absolute Gasteiger partial charge is 0.261 e. The Kier molecular flexibility index (Phi) is 6.17. The van der Waals surface area contributed by atoms with Gasteiger partial charge in [0.25, 0.3) is 10.0 Å². The van der Waals surface area contributed by atoms with Crippen LogP contribution in [0.15, 0.2) is 59.5 Å². The summed E-state index contributed by atoms with van der Waals surface area (Å²) in [7, 11) is -3.68. The first-order valence-electron chi connectivity index (χ1n) is 8.02. The number of anilines is 2. The van der Waals surface area contributed by atoms with Crippen molar-refractivity contribution in [2.24, 2.45) is 11.7 Å². The highest BCUT2D eigenvalue weighted by molar-refractivity contribution is 7.92. The van der Waals surface area contributed by atoms with E-state index in [-0.39, 0.29) is 10.8 Å². The van der Waals surface area contributed by atoms with Crippen molar-refractivity contribution in [2.45, 2.75) is 31.2 Å². The van der Waals surface area contributed by atoms with Crippen LogP contribution in [-0.4, -0.2) is 20.4 Å². The zero-order valence-electron chi connectivity index (χ0n) is 14.3. The molecule has 0 aromatic heterocycles. The molecule has 0 saturated carbocycles.